The molecule has 2 aromatic carbocycles. The van der Waals surface area contributed by atoms with E-state index in [1.54, 1.807) is 0 Å². The van der Waals surface area contributed by atoms with Gasteiger partial charge in [0.1, 0.15) is 0 Å². The predicted octanol–water partition coefficient (Wildman–Crippen LogP) is 3.67. The van der Waals surface area contributed by atoms with Crippen LogP contribution in [-0.4, -0.2) is 11.9 Å². The largest absolute Gasteiger partial charge is 0.327 e. The van der Waals surface area contributed by atoms with E-state index in [0.29, 0.717) is 0 Å². The predicted molar refractivity (Wildman–Crippen MR) is 85.6 cm³/mol. The summed E-state index contributed by atoms with van der Waals surface area (Å²) in [5.41, 5.74) is 6.86. The molecule has 3 N–H and O–H groups in total. The van der Waals surface area contributed by atoms with Gasteiger partial charge in [-0.3, -0.25) is 4.79 Å². The summed E-state index contributed by atoms with van der Waals surface area (Å²) in [6.07, 6.45) is 2.88. The van der Waals surface area contributed by atoms with Crippen LogP contribution in [-0.2, 0) is 4.79 Å². The third kappa shape index (κ3) is 2.45. The Bertz CT molecular complexity index is 656. The molecule has 0 bridgehead atoms. The fourth-order valence-corrected chi connectivity index (χ4v) is 3.39. The first-order chi connectivity index (χ1) is 9.66. The average Bonchev–Trinajstić information content (AvgIpc) is 2.88. The monoisotopic (exact) mass is 332 g/mol. The van der Waals surface area contributed by atoms with Gasteiger partial charge in [0.05, 0.1) is 5.92 Å². The van der Waals surface area contributed by atoms with Gasteiger partial charge in [0, 0.05) is 21.6 Å². The number of hydrogen-bond acceptors (Lipinski definition) is 2. The maximum atomic E-state index is 12.4. The number of benzene rings is 2. The van der Waals surface area contributed by atoms with Crippen molar-refractivity contribution in [2.45, 2.75) is 25.3 Å². The number of nitrogens with two attached hydrogens (primary N) is 1. The molecule has 4 heteroatoms. The van der Waals surface area contributed by atoms with Crippen molar-refractivity contribution in [3.05, 3.63) is 40.9 Å². The van der Waals surface area contributed by atoms with Crippen molar-refractivity contribution in [3.8, 4) is 0 Å². The molecular weight excluding hydrogens is 316 g/mol. The van der Waals surface area contributed by atoms with Crippen LogP contribution in [0.3, 0.4) is 0 Å². The van der Waals surface area contributed by atoms with E-state index in [4.69, 9.17) is 5.73 Å². The van der Waals surface area contributed by atoms with Gasteiger partial charge < -0.3 is 11.1 Å². The third-order valence-corrected chi connectivity index (χ3v) is 4.73. The summed E-state index contributed by atoms with van der Waals surface area (Å²) >= 11 is 3.54. The van der Waals surface area contributed by atoms with E-state index in [9.17, 15) is 4.79 Å². The van der Waals surface area contributed by atoms with Gasteiger partial charge in [0.2, 0.25) is 5.91 Å². The third-order valence-electron chi connectivity index (χ3n) is 4.03. The van der Waals surface area contributed by atoms with Crippen LogP contribution in [0.15, 0.2) is 40.9 Å². The molecule has 104 valence electrons. The van der Waals surface area contributed by atoms with Crippen molar-refractivity contribution < 1.29 is 4.79 Å². The Balaban J connectivity index is 1.91. The Kier molecular flexibility index (Phi) is 3.76. The molecular formula is C16H17BrN2O. The molecule has 3 rings (SSSR count). The molecule has 0 aliphatic heterocycles. The number of halogens is 1. The first-order valence-corrected chi connectivity index (χ1v) is 7.70. The summed E-state index contributed by atoms with van der Waals surface area (Å²) in [7, 11) is 0. The minimum atomic E-state index is -0.0580. The van der Waals surface area contributed by atoms with Crippen LogP contribution in [0.5, 0.6) is 0 Å². The van der Waals surface area contributed by atoms with E-state index in [1.165, 1.54) is 0 Å². The molecule has 0 radical (unpaired) electrons. The maximum absolute atomic E-state index is 12.4. The number of carbonyl (C=O) groups excluding carboxylic acids is 1. The lowest BCUT2D eigenvalue weighted by molar-refractivity contribution is -0.120. The first-order valence-electron chi connectivity index (χ1n) is 6.90. The van der Waals surface area contributed by atoms with E-state index >= 15 is 0 Å². The molecule has 3 nitrogen and oxygen atoms in total. The minimum absolute atomic E-state index is 0.00304. The molecule has 2 aromatic rings. The number of nitrogens with one attached hydrogen (secondary N) is 1. The second-order valence-corrected chi connectivity index (χ2v) is 6.19. The van der Waals surface area contributed by atoms with E-state index in [1.807, 2.05) is 36.4 Å². The Hall–Kier alpha value is -1.39. The van der Waals surface area contributed by atoms with Crippen molar-refractivity contribution in [2.24, 2.45) is 11.7 Å². The number of anilines is 1. The van der Waals surface area contributed by atoms with Crippen LogP contribution in [0, 0.1) is 5.92 Å². The van der Waals surface area contributed by atoms with Crippen LogP contribution < -0.4 is 11.1 Å². The van der Waals surface area contributed by atoms with E-state index in [0.717, 1.165) is 40.2 Å². The zero-order valence-electron chi connectivity index (χ0n) is 11.1. The number of carbonyl (C=O) groups is 1. The van der Waals surface area contributed by atoms with Crippen molar-refractivity contribution in [3.63, 3.8) is 0 Å². The second kappa shape index (κ2) is 5.54. The molecule has 0 heterocycles. The highest BCUT2D eigenvalue weighted by molar-refractivity contribution is 9.10. The Morgan fingerprint density at radius 2 is 1.90 bits per heavy atom. The number of amides is 1. The van der Waals surface area contributed by atoms with Crippen molar-refractivity contribution in [1.29, 1.82) is 0 Å². The molecule has 1 saturated carbocycles. The quantitative estimate of drug-likeness (QED) is 0.881. The van der Waals surface area contributed by atoms with Crippen LogP contribution in [0.25, 0.3) is 10.8 Å². The van der Waals surface area contributed by atoms with Gasteiger partial charge in [-0.25, -0.2) is 0 Å². The van der Waals surface area contributed by atoms with Gasteiger partial charge in [-0.1, -0.05) is 46.6 Å². The summed E-state index contributed by atoms with van der Waals surface area (Å²) in [6.45, 7) is 0. The van der Waals surface area contributed by atoms with Crippen molar-refractivity contribution >= 4 is 38.3 Å². The Morgan fingerprint density at radius 3 is 2.60 bits per heavy atom. The molecule has 1 amide bonds. The summed E-state index contributed by atoms with van der Waals surface area (Å²) in [6, 6.07) is 11.9. The average molecular weight is 333 g/mol. The zero-order valence-corrected chi connectivity index (χ0v) is 12.7. The van der Waals surface area contributed by atoms with E-state index < -0.39 is 0 Å². The van der Waals surface area contributed by atoms with Gasteiger partial charge in [0.25, 0.3) is 0 Å². The fourth-order valence-electron chi connectivity index (χ4n) is 2.91. The van der Waals surface area contributed by atoms with Gasteiger partial charge in [-0.05, 0) is 30.4 Å². The molecule has 0 saturated heterocycles. The van der Waals surface area contributed by atoms with Gasteiger partial charge in [-0.2, -0.15) is 0 Å². The van der Waals surface area contributed by atoms with E-state index in [-0.39, 0.29) is 17.9 Å². The van der Waals surface area contributed by atoms with Crippen LogP contribution in [0.1, 0.15) is 19.3 Å². The lowest BCUT2D eigenvalue weighted by Gasteiger charge is -2.16. The molecule has 2 unspecified atom stereocenters. The van der Waals surface area contributed by atoms with Gasteiger partial charge >= 0.3 is 0 Å². The number of hydrogen-bond donors (Lipinski definition) is 2. The molecule has 0 spiro atoms. The van der Waals surface area contributed by atoms with Gasteiger partial charge in [0.15, 0.2) is 0 Å². The molecule has 2 atom stereocenters. The maximum Gasteiger partial charge on any atom is 0.229 e. The highest BCUT2D eigenvalue weighted by Gasteiger charge is 2.30. The highest BCUT2D eigenvalue weighted by Crippen LogP contribution is 2.31. The Labute approximate surface area is 126 Å². The van der Waals surface area contributed by atoms with Crippen molar-refractivity contribution in [1.82, 2.24) is 0 Å². The summed E-state index contributed by atoms with van der Waals surface area (Å²) in [5, 5.41) is 5.19. The normalized spacial score (nSPS) is 22.1. The molecule has 1 aliphatic rings. The first kappa shape index (κ1) is 13.6. The van der Waals surface area contributed by atoms with E-state index in [2.05, 4.69) is 21.2 Å². The van der Waals surface area contributed by atoms with Gasteiger partial charge in [-0.15, -0.1) is 0 Å². The number of fused-ring (bicyclic) bond motifs is 1. The summed E-state index contributed by atoms with van der Waals surface area (Å²) in [4.78, 5) is 12.4. The number of rotatable bonds is 2. The molecule has 20 heavy (non-hydrogen) atoms. The standard InChI is InChI=1S/C16H17BrN2O/c17-13-8-9-15(11-5-2-1-4-10(11)13)19-16(20)12-6-3-7-14(12)18/h1-2,4-5,8-9,12,14H,3,6-7,18H2,(H,19,20). The van der Waals surface area contributed by atoms with Crippen LogP contribution in [0.4, 0.5) is 5.69 Å². The highest BCUT2D eigenvalue weighted by atomic mass is 79.9. The lowest BCUT2D eigenvalue weighted by atomic mass is 10.0. The van der Waals surface area contributed by atoms with Crippen molar-refractivity contribution in [2.75, 3.05) is 5.32 Å². The SMILES string of the molecule is NC1CCCC1C(=O)Nc1ccc(Br)c2ccccc12. The Morgan fingerprint density at radius 1 is 1.15 bits per heavy atom. The second-order valence-electron chi connectivity index (χ2n) is 5.33. The lowest BCUT2D eigenvalue weighted by Crippen LogP contribution is -2.34. The zero-order chi connectivity index (χ0) is 14.1. The molecule has 0 aromatic heterocycles. The summed E-state index contributed by atoms with van der Waals surface area (Å²) < 4.78 is 1.03. The molecule has 1 fully saturated rings. The minimum Gasteiger partial charge on any atom is -0.327 e. The van der Waals surface area contributed by atoms with Crippen LogP contribution >= 0.6 is 15.9 Å². The topological polar surface area (TPSA) is 55.1 Å². The smallest absolute Gasteiger partial charge is 0.229 e. The fraction of sp³-hybridized carbons (Fsp3) is 0.312. The molecule has 1 aliphatic carbocycles. The summed E-state index contributed by atoms with van der Waals surface area (Å²) in [5.74, 6) is -0.0140. The van der Waals surface area contributed by atoms with Crippen LogP contribution in [0.2, 0.25) is 0 Å².